The number of hydrogen-bond acceptors (Lipinski definition) is 4. The molecule has 0 aliphatic rings. The van der Waals surface area contributed by atoms with Crippen LogP contribution in [-0.2, 0) is 0 Å². The lowest BCUT2D eigenvalue weighted by Crippen LogP contribution is -2.35. The number of carboxylic acids is 1. The Balaban J connectivity index is 2.93. The zero-order valence-corrected chi connectivity index (χ0v) is 10.2. The highest BCUT2D eigenvalue weighted by Gasteiger charge is 2.17. The minimum Gasteiger partial charge on any atom is -0.477 e. The van der Waals surface area contributed by atoms with Crippen molar-refractivity contribution in [2.24, 2.45) is 0 Å². The molecule has 0 aliphatic carbocycles. The maximum atomic E-state index is 12.1. The van der Waals surface area contributed by atoms with E-state index >= 15 is 0 Å². The van der Waals surface area contributed by atoms with Crippen LogP contribution in [0.15, 0.2) is 18.2 Å². The Morgan fingerprint density at radius 3 is 2.50 bits per heavy atom. The van der Waals surface area contributed by atoms with Gasteiger partial charge in [0.1, 0.15) is 11.4 Å². The van der Waals surface area contributed by atoms with Gasteiger partial charge in [0.2, 0.25) is 0 Å². The van der Waals surface area contributed by atoms with Gasteiger partial charge in [-0.2, -0.15) is 0 Å². The van der Waals surface area contributed by atoms with Gasteiger partial charge in [-0.15, -0.1) is 0 Å². The van der Waals surface area contributed by atoms with Crippen LogP contribution in [0, 0.1) is 0 Å². The Kier molecular flexibility index (Phi) is 5.26. The minimum absolute atomic E-state index is 0.0804. The fourth-order valence-corrected chi connectivity index (χ4v) is 1.54. The minimum atomic E-state index is -1.17. The molecule has 0 aliphatic heterocycles. The summed E-state index contributed by atoms with van der Waals surface area (Å²) in [6, 6.07) is 4.27. The number of amides is 1. The number of aliphatic hydroxyl groups is 1. The maximum Gasteiger partial charge on any atom is 0.354 e. The summed E-state index contributed by atoms with van der Waals surface area (Å²) in [5, 5.41) is 17.7. The quantitative estimate of drug-likeness (QED) is 0.774. The van der Waals surface area contributed by atoms with Crippen molar-refractivity contribution >= 4 is 11.9 Å². The zero-order valence-electron chi connectivity index (χ0n) is 10.2. The van der Waals surface area contributed by atoms with Gasteiger partial charge in [0.25, 0.3) is 5.91 Å². The first kappa shape index (κ1) is 14.1. The number of nitrogens with zero attached hydrogens (tertiary/aromatic N) is 2. The van der Waals surface area contributed by atoms with Crippen LogP contribution in [-0.4, -0.2) is 51.7 Å². The molecule has 1 amide bonds. The molecule has 1 aromatic heterocycles. The fourth-order valence-electron chi connectivity index (χ4n) is 1.54. The van der Waals surface area contributed by atoms with Gasteiger partial charge < -0.3 is 15.1 Å². The second kappa shape index (κ2) is 6.70. The van der Waals surface area contributed by atoms with Crippen LogP contribution in [0.4, 0.5) is 0 Å². The molecule has 6 heteroatoms. The average Bonchev–Trinajstić information content (AvgIpc) is 2.38. The zero-order chi connectivity index (χ0) is 13.5. The van der Waals surface area contributed by atoms with E-state index in [-0.39, 0.29) is 30.4 Å². The van der Waals surface area contributed by atoms with Crippen molar-refractivity contribution in [3.8, 4) is 0 Å². The van der Waals surface area contributed by atoms with Gasteiger partial charge in [-0.1, -0.05) is 13.0 Å². The molecule has 98 valence electrons. The number of aliphatic hydroxyl groups excluding tert-OH is 1. The Hall–Kier alpha value is -1.95. The van der Waals surface area contributed by atoms with Crippen molar-refractivity contribution in [1.29, 1.82) is 0 Å². The Bertz CT molecular complexity index is 428. The van der Waals surface area contributed by atoms with E-state index in [2.05, 4.69) is 4.98 Å². The fraction of sp³-hybridized carbons (Fsp3) is 0.417. The normalized spacial score (nSPS) is 10.1. The molecule has 0 radical (unpaired) electrons. The molecule has 18 heavy (non-hydrogen) atoms. The summed E-state index contributed by atoms with van der Waals surface area (Å²) in [4.78, 5) is 28.1. The van der Waals surface area contributed by atoms with Crippen molar-refractivity contribution < 1.29 is 19.8 Å². The molecule has 0 bridgehead atoms. The molecule has 0 atom stereocenters. The maximum absolute atomic E-state index is 12.1. The Labute approximate surface area is 105 Å². The molecular formula is C12H16N2O4. The molecule has 0 aromatic carbocycles. The molecule has 1 aromatic rings. The summed E-state index contributed by atoms with van der Waals surface area (Å²) in [5.74, 6) is -1.54. The molecular weight excluding hydrogens is 236 g/mol. The van der Waals surface area contributed by atoms with Gasteiger partial charge in [-0.3, -0.25) is 4.79 Å². The van der Waals surface area contributed by atoms with Crippen LogP contribution in [0.2, 0.25) is 0 Å². The molecule has 6 nitrogen and oxygen atoms in total. The lowest BCUT2D eigenvalue weighted by molar-refractivity contribution is 0.0688. The largest absolute Gasteiger partial charge is 0.477 e. The van der Waals surface area contributed by atoms with Crippen LogP contribution in [0.5, 0.6) is 0 Å². The number of aromatic nitrogens is 1. The van der Waals surface area contributed by atoms with E-state index in [1.165, 1.54) is 23.1 Å². The van der Waals surface area contributed by atoms with E-state index in [4.69, 9.17) is 10.2 Å². The molecule has 2 N–H and O–H groups in total. The number of hydrogen-bond donors (Lipinski definition) is 2. The van der Waals surface area contributed by atoms with Crippen LogP contribution < -0.4 is 0 Å². The number of pyridine rings is 1. The van der Waals surface area contributed by atoms with Crippen LogP contribution >= 0.6 is 0 Å². The third-order valence-corrected chi connectivity index (χ3v) is 2.34. The van der Waals surface area contributed by atoms with Crippen molar-refractivity contribution in [3.05, 3.63) is 29.6 Å². The summed E-state index contributed by atoms with van der Waals surface area (Å²) in [5.41, 5.74) is -0.0851. The third-order valence-electron chi connectivity index (χ3n) is 2.34. The van der Waals surface area contributed by atoms with E-state index in [0.29, 0.717) is 6.54 Å². The summed E-state index contributed by atoms with van der Waals surface area (Å²) in [7, 11) is 0. The van der Waals surface area contributed by atoms with Gasteiger partial charge in [0, 0.05) is 13.1 Å². The predicted octanol–water partition coefficient (Wildman–Crippen LogP) is 0.624. The number of carboxylic acid groups (broad SMARTS) is 1. The lowest BCUT2D eigenvalue weighted by Gasteiger charge is -2.20. The Morgan fingerprint density at radius 1 is 1.28 bits per heavy atom. The highest BCUT2D eigenvalue weighted by molar-refractivity contribution is 5.94. The van der Waals surface area contributed by atoms with E-state index in [1.54, 1.807) is 0 Å². The number of aromatic carboxylic acids is 1. The van der Waals surface area contributed by atoms with Crippen LogP contribution in [0.25, 0.3) is 0 Å². The summed E-state index contributed by atoms with van der Waals surface area (Å²) in [6.45, 7) is 2.49. The van der Waals surface area contributed by atoms with Crippen molar-refractivity contribution in [2.75, 3.05) is 19.7 Å². The van der Waals surface area contributed by atoms with E-state index in [9.17, 15) is 9.59 Å². The molecule has 0 unspecified atom stereocenters. The summed E-state index contributed by atoms with van der Waals surface area (Å²) >= 11 is 0. The first-order valence-electron chi connectivity index (χ1n) is 5.70. The standard InChI is InChI=1S/C12H16N2O4/c1-2-6-14(7-8-15)11(16)9-4-3-5-10(13-9)12(17)18/h3-5,15H,2,6-8H2,1H3,(H,17,18). The van der Waals surface area contributed by atoms with E-state index in [1.807, 2.05) is 6.92 Å². The molecule has 0 saturated heterocycles. The van der Waals surface area contributed by atoms with Gasteiger partial charge in [0.15, 0.2) is 0 Å². The number of rotatable bonds is 6. The van der Waals surface area contributed by atoms with Crippen LogP contribution in [0.1, 0.15) is 34.3 Å². The first-order chi connectivity index (χ1) is 8.60. The SMILES string of the molecule is CCCN(CCO)C(=O)c1cccc(C(=O)O)n1. The number of carbonyl (C=O) groups is 2. The van der Waals surface area contributed by atoms with E-state index in [0.717, 1.165) is 6.42 Å². The van der Waals surface area contributed by atoms with E-state index < -0.39 is 5.97 Å². The average molecular weight is 252 g/mol. The monoisotopic (exact) mass is 252 g/mol. The second-order valence-corrected chi connectivity index (χ2v) is 3.73. The number of carbonyl (C=O) groups excluding carboxylic acids is 1. The third kappa shape index (κ3) is 3.53. The predicted molar refractivity (Wildman–Crippen MR) is 64.5 cm³/mol. The van der Waals surface area contributed by atoms with Crippen molar-refractivity contribution in [1.82, 2.24) is 9.88 Å². The molecule has 0 fully saturated rings. The summed E-state index contributed by atoms with van der Waals surface area (Å²) in [6.07, 6.45) is 0.754. The molecule has 0 spiro atoms. The topological polar surface area (TPSA) is 90.7 Å². The highest BCUT2D eigenvalue weighted by Crippen LogP contribution is 2.05. The molecule has 1 heterocycles. The highest BCUT2D eigenvalue weighted by atomic mass is 16.4. The summed E-state index contributed by atoms with van der Waals surface area (Å²) < 4.78 is 0. The molecule has 1 rings (SSSR count). The van der Waals surface area contributed by atoms with Crippen molar-refractivity contribution in [2.45, 2.75) is 13.3 Å². The van der Waals surface area contributed by atoms with Gasteiger partial charge in [0.05, 0.1) is 6.61 Å². The molecule has 0 saturated carbocycles. The smallest absolute Gasteiger partial charge is 0.354 e. The second-order valence-electron chi connectivity index (χ2n) is 3.73. The Morgan fingerprint density at radius 2 is 1.94 bits per heavy atom. The van der Waals surface area contributed by atoms with Gasteiger partial charge in [-0.25, -0.2) is 9.78 Å². The van der Waals surface area contributed by atoms with Crippen molar-refractivity contribution in [3.63, 3.8) is 0 Å². The van der Waals surface area contributed by atoms with Gasteiger partial charge >= 0.3 is 5.97 Å². The van der Waals surface area contributed by atoms with Gasteiger partial charge in [-0.05, 0) is 18.6 Å². The van der Waals surface area contributed by atoms with Crippen LogP contribution in [0.3, 0.4) is 0 Å². The lowest BCUT2D eigenvalue weighted by atomic mass is 10.2. The first-order valence-corrected chi connectivity index (χ1v) is 5.70.